The van der Waals surface area contributed by atoms with Crippen LogP contribution < -0.4 is 10.9 Å². The van der Waals surface area contributed by atoms with Crippen molar-refractivity contribution < 1.29 is 9.18 Å². The summed E-state index contributed by atoms with van der Waals surface area (Å²) in [6.07, 6.45) is 8.09. The van der Waals surface area contributed by atoms with E-state index in [-0.39, 0.29) is 23.5 Å². The molecule has 0 aliphatic carbocycles. The van der Waals surface area contributed by atoms with Gasteiger partial charge in [0, 0.05) is 28.9 Å². The van der Waals surface area contributed by atoms with E-state index in [1.165, 1.54) is 36.7 Å². The third-order valence-electron chi connectivity index (χ3n) is 3.84. The Kier molecular flexibility index (Phi) is 4.76. The molecule has 130 valence electrons. The maximum atomic E-state index is 13.3. The van der Waals surface area contributed by atoms with Gasteiger partial charge in [0.15, 0.2) is 0 Å². The molecule has 3 rings (SSSR count). The molecule has 26 heavy (non-hydrogen) atoms. The van der Waals surface area contributed by atoms with Gasteiger partial charge in [0.05, 0.1) is 18.0 Å². The van der Waals surface area contributed by atoms with E-state index in [9.17, 15) is 14.0 Å². The third-order valence-corrected chi connectivity index (χ3v) is 3.84. The van der Waals surface area contributed by atoms with Crippen molar-refractivity contribution in [3.63, 3.8) is 0 Å². The highest BCUT2D eigenvalue weighted by atomic mass is 19.1. The number of H-pyrrole nitrogens is 1. The Hall–Kier alpha value is -3.53. The zero-order chi connectivity index (χ0) is 18.7. The van der Waals surface area contributed by atoms with Gasteiger partial charge in [-0.1, -0.05) is 5.92 Å². The molecule has 0 aliphatic heterocycles. The lowest BCUT2D eigenvalue weighted by Crippen LogP contribution is -2.31. The lowest BCUT2D eigenvalue weighted by atomic mass is 10.1. The Labute approximate surface area is 148 Å². The van der Waals surface area contributed by atoms with Gasteiger partial charge in [0.25, 0.3) is 5.56 Å². The van der Waals surface area contributed by atoms with Gasteiger partial charge in [-0.3, -0.25) is 9.59 Å². The Balaban J connectivity index is 1.75. The lowest BCUT2D eigenvalue weighted by molar-refractivity contribution is -0.121. The van der Waals surface area contributed by atoms with Gasteiger partial charge in [-0.25, -0.2) is 14.4 Å². The fraction of sp³-hybridized carbons (Fsp3) is 0.158. The molecule has 0 saturated carbocycles. The first-order chi connectivity index (χ1) is 12.5. The lowest BCUT2D eigenvalue weighted by Gasteiger charge is -2.12. The van der Waals surface area contributed by atoms with Gasteiger partial charge < -0.3 is 10.3 Å². The van der Waals surface area contributed by atoms with Crippen LogP contribution in [0.4, 0.5) is 4.39 Å². The maximum absolute atomic E-state index is 13.3. The van der Waals surface area contributed by atoms with Crippen LogP contribution in [-0.2, 0) is 11.2 Å². The minimum Gasteiger partial charge on any atom is -0.346 e. The summed E-state index contributed by atoms with van der Waals surface area (Å²) < 4.78 is 13.3. The fourth-order valence-corrected chi connectivity index (χ4v) is 2.52. The first-order valence-electron chi connectivity index (χ1n) is 7.85. The van der Waals surface area contributed by atoms with Crippen LogP contribution in [-0.4, -0.2) is 20.9 Å². The number of nitrogens with one attached hydrogen (secondary N) is 2. The number of carbonyl (C=O) groups excluding carboxylic acids is 1. The second kappa shape index (κ2) is 7.15. The molecule has 2 heterocycles. The molecule has 1 amide bonds. The number of carbonyl (C=O) groups is 1. The molecule has 1 aromatic carbocycles. The number of rotatable bonds is 4. The normalized spacial score (nSPS) is 11.7. The highest BCUT2D eigenvalue weighted by Crippen LogP contribution is 2.13. The molecule has 0 saturated heterocycles. The van der Waals surface area contributed by atoms with Crippen molar-refractivity contribution in [3.8, 4) is 12.3 Å². The molecular formula is C19H15FN4O2. The summed E-state index contributed by atoms with van der Waals surface area (Å²) in [6.45, 7) is 1.72. The summed E-state index contributed by atoms with van der Waals surface area (Å²) in [4.78, 5) is 35.2. The van der Waals surface area contributed by atoms with Crippen molar-refractivity contribution in [1.82, 2.24) is 20.3 Å². The first kappa shape index (κ1) is 17.3. The van der Waals surface area contributed by atoms with Crippen LogP contribution in [0.25, 0.3) is 10.9 Å². The van der Waals surface area contributed by atoms with Crippen molar-refractivity contribution >= 4 is 16.8 Å². The Morgan fingerprint density at radius 2 is 2.08 bits per heavy atom. The van der Waals surface area contributed by atoms with E-state index in [1.807, 2.05) is 0 Å². The number of pyridine rings is 1. The number of benzene rings is 1. The Morgan fingerprint density at radius 1 is 1.35 bits per heavy atom. The molecule has 2 aromatic heterocycles. The smallest absolute Gasteiger partial charge is 0.252 e. The van der Waals surface area contributed by atoms with Crippen molar-refractivity contribution in [1.29, 1.82) is 0 Å². The van der Waals surface area contributed by atoms with Crippen LogP contribution in [0.5, 0.6) is 0 Å². The molecule has 0 aliphatic rings. The standard InChI is InChI=1S/C19H15FN4O2/c1-3-12-9-21-18(22-10-12)11(2)23-17(25)8-14-6-13-7-15(20)4-5-16(13)24-19(14)26/h1,4-7,9-11H,8H2,2H3,(H,23,25)(H,24,26)/t11-/m0/s1. The zero-order valence-corrected chi connectivity index (χ0v) is 13.9. The number of hydrogen-bond acceptors (Lipinski definition) is 4. The molecular weight excluding hydrogens is 335 g/mol. The van der Waals surface area contributed by atoms with E-state index in [0.717, 1.165) is 0 Å². The predicted molar refractivity (Wildman–Crippen MR) is 94.8 cm³/mol. The molecule has 3 aromatic rings. The minimum absolute atomic E-state index is 0.144. The number of amides is 1. The summed E-state index contributed by atoms with van der Waals surface area (Å²) in [5.41, 5.74) is 0.913. The third kappa shape index (κ3) is 3.75. The fourth-order valence-electron chi connectivity index (χ4n) is 2.52. The molecule has 0 bridgehead atoms. The Morgan fingerprint density at radius 3 is 2.77 bits per heavy atom. The summed E-state index contributed by atoms with van der Waals surface area (Å²) >= 11 is 0. The molecule has 6 nitrogen and oxygen atoms in total. The van der Waals surface area contributed by atoms with Gasteiger partial charge in [-0.15, -0.1) is 6.42 Å². The molecule has 0 spiro atoms. The monoisotopic (exact) mass is 350 g/mol. The topological polar surface area (TPSA) is 87.7 Å². The van der Waals surface area contributed by atoms with Gasteiger partial charge in [0.1, 0.15) is 11.6 Å². The number of aromatic nitrogens is 3. The molecule has 7 heteroatoms. The molecule has 0 radical (unpaired) electrons. The number of hydrogen-bond donors (Lipinski definition) is 2. The van der Waals surface area contributed by atoms with Crippen molar-refractivity contribution in [3.05, 3.63) is 69.8 Å². The first-order valence-corrected chi connectivity index (χ1v) is 7.85. The second-order valence-corrected chi connectivity index (χ2v) is 5.80. The van der Waals surface area contributed by atoms with Gasteiger partial charge in [-0.05, 0) is 31.2 Å². The summed E-state index contributed by atoms with van der Waals surface area (Å²) in [5.74, 6) is 2.04. The summed E-state index contributed by atoms with van der Waals surface area (Å²) in [7, 11) is 0. The van der Waals surface area contributed by atoms with Crippen LogP contribution in [0.15, 0.2) is 41.5 Å². The van der Waals surface area contributed by atoms with E-state index < -0.39 is 11.9 Å². The SMILES string of the molecule is C#Cc1cnc([C@H](C)NC(=O)Cc2cc3cc(F)ccc3[nH]c2=O)nc1. The van der Waals surface area contributed by atoms with Crippen molar-refractivity contribution in [2.75, 3.05) is 0 Å². The van der Waals surface area contributed by atoms with E-state index in [2.05, 4.69) is 26.2 Å². The predicted octanol–water partition coefficient (Wildman–Crippen LogP) is 1.86. The number of nitrogens with zero attached hydrogens (tertiary/aromatic N) is 2. The largest absolute Gasteiger partial charge is 0.346 e. The highest BCUT2D eigenvalue weighted by Gasteiger charge is 2.14. The number of halogens is 1. The second-order valence-electron chi connectivity index (χ2n) is 5.80. The van der Waals surface area contributed by atoms with E-state index in [1.54, 1.807) is 6.92 Å². The summed E-state index contributed by atoms with van der Waals surface area (Å²) in [6, 6.07) is 5.11. The van der Waals surface area contributed by atoms with Gasteiger partial charge >= 0.3 is 0 Å². The number of aromatic amines is 1. The highest BCUT2D eigenvalue weighted by molar-refractivity contribution is 5.82. The van der Waals surface area contributed by atoms with Crippen LogP contribution in [0.3, 0.4) is 0 Å². The number of fused-ring (bicyclic) bond motifs is 1. The molecule has 2 N–H and O–H groups in total. The Bertz CT molecular complexity index is 1070. The molecule has 0 fully saturated rings. The van der Waals surface area contributed by atoms with Gasteiger partial charge in [-0.2, -0.15) is 0 Å². The van der Waals surface area contributed by atoms with Crippen LogP contribution in [0.1, 0.15) is 29.9 Å². The maximum Gasteiger partial charge on any atom is 0.252 e. The minimum atomic E-state index is -0.452. The van der Waals surface area contributed by atoms with Crippen LogP contribution >= 0.6 is 0 Å². The van der Waals surface area contributed by atoms with E-state index in [0.29, 0.717) is 22.3 Å². The van der Waals surface area contributed by atoms with E-state index in [4.69, 9.17) is 6.42 Å². The zero-order valence-electron chi connectivity index (χ0n) is 13.9. The van der Waals surface area contributed by atoms with E-state index >= 15 is 0 Å². The van der Waals surface area contributed by atoms with Crippen LogP contribution in [0.2, 0.25) is 0 Å². The van der Waals surface area contributed by atoms with Crippen molar-refractivity contribution in [2.45, 2.75) is 19.4 Å². The average Bonchev–Trinajstić information content (AvgIpc) is 2.62. The quantitative estimate of drug-likeness (QED) is 0.703. The average molecular weight is 350 g/mol. The van der Waals surface area contributed by atoms with Crippen molar-refractivity contribution in [2.24, 2.45) is 0 Å². The summed E-state index contributed by atoms with van der Waals surface area (Å²) in [5, 5.41) is 3.25. The molecule has 0 unspecified atom stereocenters. The van der Waals surface area contributed by atoms with Gasteiger partial charge in [0.2, 0.25) is 5.91 Å². The van der Waals surface area contributed by atoms with Crippen LogP contribution in [0, 0.1) is 18.2 Å². The molecule has 1 atom stereocenters. The number of terminal acetylenes is 1.